The van der Waals surface area contributed by atoms with Gasteiger partial charge in [0.25, 0.3) is 0 Å². The van der Waals surface area contributed by atoms with Crippen molar-refractivity contribution in [3.63, 3.8) is 0 Å². The average molecular weight is 149 g/mol. The van der Waals surface area contributed by atoms with Gasteiger partial charge in [-0.25, -0.2) is 0 Å². The van der Waals surface area contributed by atoms with Crippen molar-refractivity contribution < 1.29 is 4.79 Å². The molecule has 0 radical (unpaired) electrons. The van der Waals surface area contributed by atoms with Crippen LogP contribution in [0.15, 0.2) is 17.1 Å². The molecule has 2 nitrogen and oxygen atoms in total. The van der Waals surface area contributed by atoms with Crippen molar-refractivity contribution >= 4 is 25.4 Å². The molecule has 11 heavy (non-hydrogen) atoms. The number of hydrogen-bond acceptors (Lipinski definition) is 2. The van der Waals surface area contributed by atoms with Crippen molar-refractivity contribution in [3.05, 3.63) is 12.2 Å². The SMILES string of the molecule is C=BC/C=C\C(C=O)=NCC. The maximum atomic E-state index is 10.3. The van der Waals surface area contributed by atoms with Crippen LogP contribution in [0.1, 0.15) is 6.92 Å². The summed E-state index contributed by atoms with van der Waals surface area (Å²) in [5.74, 6) is 0. The molecule has 58 valence electrons. The van der Waals surface area contributed by atoms with Crippen LogP contribution in [0.5, 0.6) is 0 Å². The van der Waals surface area contributed by atoms with Crippen LogP contribution >= 0.6 is 0 Å². The van der Waals surface area contributed by atoms with Gasteiger partial charge in [-0.3, -0.25) is 0 Å². The fourth-order valence-electron chi connectivity index (χ4n) is 0.597. The molecule has 0 spiro atoms. The minimum atomic E-state index is 0.495. The molecule has 0 saturated heterocycles. The van der Waals surface area contributed by atoms with Gasteiger partial charge in [-0.2, -0.15) is 0 Å². The summed E-state index contributed by atoms with van der Waals surface area (Å²) < 4.78 is 0. The van der Waals surface area contributed by atoms with Gasteiger partial charge >= 0.3 is 67.1 Å². The number of carbonyl (C=O) groups is 1. The van der Waals surface area contributed by atoms with Crippen LogP contribution in [-0.2, 0) is 4.79 Å². The molecule has 0 heterocycles. The number of rotatable bonds is 5. The second-order valence-corrected chi connectivity index (χ2v) is 1.94. The van der Waals surface area contributed by atoms with Gasteiger partial charge < -0.3 is 0 Å². The topological polar surface area (TPSA) is 29.4 Å². The van der Waals surface area contributed by atoms with Crippen molar-refractivity contribution in [2.45, 2.75) is 13.2 Å². The monoisotopic (exact) mass is 149 g/mol. The Morgan fingerprint density at radius 3 is 2.91 bits per heavy atom. The Kier molecular flexibility index (Phi) is 6.49. The fourth-order valence-corrected chi connectivity index (χ4v) is 0.597. The quantitative estimate of drug-likeness (QED) is 0.322. The zero-order valence-corrected chi connectivity index (χ0v) is 6.79. The molecule has 0 aromatic heterocycles. The van der Waals surface area contributed by atoms with E-state index >= 15 is 0 Å². The Hall–Kier alpha value is -0.985. The van der Waals surface area contributed by atoms with Crippen LogP contribution in [0.2, 0.25) is 6.32 Å². The first kappa shape index (κ1) is 10.0. The summed E-state index contributed by atoms with van der Waals surface area (Å²) in [6.07, 6.45) is 5.09. The van der Waals surface area contributed by atoms with E-state index in [1.807, 2.05) is 13.0 Å². The van der Waals surface area contributed by atoms with E-state index in [0.29, 0.717) is 12.3 Å². The van der Waals surface area contributed by atoms with Crippen LogP contribution in [0.3, 0.4) is 0 Å². The van der Waals surface area contributed by atoms with Gasteiger partial charge in [0.1, 0.15) is 0 Å². The molecule has 0 saturated carbocycles. The molecule has 0 rings (SSSR count). The summed E-state index contributed by atoms with van der Waals surface area (Å²) in [5.41, 5.74) is 0.495. The van der Waals surface area contributed by atoms with Crippen LogP contribution in [0.4, 0.5) is 0 Å². The molecule has 0 N–H and O–H groups in total. The standard InChI is InChI=1S/C8H12BNO/c1-3-10-8(7-11)5-4-6-9-2/h4-5,7H,2-3,6H2,1H3/b5-4-,10-8?. The number of nitrogens with zero attached hydrogens (tertiary/aromatic N) is 1. The van der Waals surface area contributed by atoms with Crippen LogP contribution in [-0.4, -0.2) is 31.9 Å². The van der Waals surface area contributed by atoms with E-state index in [0.717, 1.165) is 12.6 Å². The predicted molar refractivity (Wildman–Crippen MR) is 50.9 cm³/mol. The van der Waals surface area contributed by atoms with E-state index in [1.165, 1.54) is 0 Å². The zero-order chi connectivity index (χ0) is 8.53. The molecule has 0 aliphatic heterocycles. The normalized spacial score (nSPS) is 11.5. The Morgan fingerprint density at radius 2 is 2.45 bits per heavy atom. The summed E-state index contributed by atoms with van der Waals surface area (Å²) in [6, 6.07) is 0. The van der Waals surface area contributed by atoms with Crippen LogP contribution in [0, 0.1) is 0 Å². The van der Waals surface area contributed by atoms with E-state index in [2.05, 4.69) is 11.5 Å². The number of hydrogen-bond donors (Lipinski definition) is 0. The molecule has 0 bridgehead atoms. The Morgan fingerprint density at radius 1 is 1.73 bits per heavy atom. The number of allylic oxidation sites excluding steroid dienone is 2. The molecule has 0 amide bonds. The molecule has 0 aliphatic rings. The number of carbonyl (C=O) groups excluding carboxylic acids is 1. The van der Waals surface area contributed by atoms with E-state index in [9.17, 15) is 4.79 Å². The first-order valence-corrected chi connectivity index (χ1v) is 3.62. The number of aldehydes is 1. The van der Waals surface area contributed by atoms with Crippen molar-refractivity contribution in [1.82, 2.24) is 0 Å². The van der Waals surface area contributed by atoms with Crippen molar-refractivity contribution in [3.8, 4) is 0 Å². The van der Waals surface area contributed by atoms with Gasteiger partial charge in [-0.15, -0.1) is 0 Å². The fraction of sp³-hybridized carbons (Fsp3) is 0.375. The van der Waals surface area contributed by atoms with Crippen molar-refractivity contribution in [2.75, 3.05) is 6.54 Å². The van der Waals surface area contributed by atoms with Crippen LogP contribution in [0.25, 0.3) is 0 Å². The summed E-state index contributed by atoms with van der Waals surface area (Å²) in [5, 5.41) is 0. The molecule has 0 unspecified atom stereocenters. The first-order valence-electron chi connectivity index (χ1n) is 3.62. The molecule has 0 atom stereocenters. The summed E-state index contributed by atoms with van der Waals surface area (Å²) >= 11 is 0. The van der Waals surface area contributed by atoms with E-state index < -0.39 is 0 Å². The van der Waals surface area contributed by atoms with Gasteiger partial charge in [0.2, 0.25) is 0 Å². The van der Waals surface area contributed by atoms with Gasteiger partial charge in [-0.05, 0) is 0 Å². The third-order valence-corrected chi connectivity index (χ3v) is 1.05. The molecule has 3 heteroatoms. The molecule has 0 aromatic rings. The number of aliphatic imine (C=N–C) groups is 1. The third-order valence-electron chi connectivity index (χ3n) is 1.05. The zero-order valence-electron chi connectivity index (χ0n) is 6.79. The predicted octanol–water partition coefficient (Wildman–Crippen LogP) is 0.757. The molecule has 0 aromatic carbocycles. The molecule has 0 aliphatic carbocycles. The Labute approximate surface area is 67.9 Å². The molecular weight excluding hydrogens is 137 g/mol. The minimum absolute atomic E-state index is 0.495. The Balaban J connectivity index is 3.96. The second kappa shape index (κ2) is 7.13. The summed E-state index contributed by atoms with van der Waals surface area (Å²) in [7, 11) is 0. The van der Waals surface area contributed by atoms with Crippen molar-refractivity contribution in [1.29, 1.82) is 0 Å². The average Bonchev–Trinajstić information content (AvgIpc) is 2.03. The van der Waals surface area contributed by atoms with Gasteiger partial charge in [0.15, 0.2) is 0 Å². The molecular formula is C8H12BNO. The molecule has 0 fully saturated rings. The van der Waals surface area contributed by atoms with Crippen LogP contribution < -0.4 is 0 Å². The van der Waals surface area contributed by atoms with E-state index in [4.69, 9.17) is 0 Å². The van der Waals surface area contributed by atoms with Gasteiger partial charge in [-0.1, -0.05) is 0 Å². The summed E-state index contributed by atoms with van der Waals surface area (Å²) in [6.45, 7) is 7.86. The third kappa shape index (κ3) is 5.46. The Bertz CT molecular complexity index is 185. The van der Waals surface area contributed by atoms with Gasteiger partial charge in [0, 0.05) is 0 Å². The second-order valence-electron chi connectivity index (χ2n) is 1.94. The van der Waals surface area contributed by atoms with E-state index in [1.54, 1.807) is 13.0 Å². The first-order chi connectivity index (χ1) is 5.35. The maximum absolute atomic E-state index is 10.3. The van der Waals surface area contributed by atoms with Gasteiger partial charge in [0.05, 0.1) is 0 Å². The van der Waals surface area contributed by atoms with Crippen molar-refractivity contribution in [2.24, 2.45) is 4.99 Å². The summed E-state index contributed by atoms with van der Waals surface area (Å²) in [4.78, 5) is 14.2. The van der Waals surface area contributed by atoms with E-state index in [-0.39, 0.29) is 0 Å².